The third kappa shape index (κ3) is 2.98. The Labute approximate surface area is 128 Å². The Balaban J connectivity index is 1.62. The van der Waals surface area contributed by atoms with E-state index in [4.69, 9.17) is 0 Å². The first-order valence-corrected chi connectivity index (χ1v) is 8.70. The summed E-state index contributed by atoms with van der Waals surface area (Å²) in [5.41, 5.74) is -0.591. The Morgan fingerprint density at radius 3 is 2.43 bits per heavy atom. The topological polar surface area (TPSA) is 43.8 Å². The second-order valence-electron chi connectivity index (χ2n) is 7.87. The molecule has 0 aliphatic carbocycles. The Morgan fingerprint density at radius 2 is 1.67 bits per heavy atom. The smallest absolute Gasteiger partial charge is 0.309 e. The van der Waals surface area contributed by atoms with E-state index in [-0.39, 0.29) is 0 Å². The standard InChI is InChI=1S/C17H30N2O2/c1-17(2,16(20)21)13-5-3-9-19(12-13)15-7-10-18-8-4-6-14(18)11-15/h13-15H,3-12H2,1-2H3,(H,20,21). The van der Waals surface area contributed by atoms with Crippen molar-refractivity contribution in [1.29, 1.82) is 0 Å². The van der Waals surface area contributed by atoms with E-state index >= 15 is 0 Å². The molecule has 3 aliphatic heterocycles. The van der Waals surface area contributed by atoms with E-state index in [0.29, 0.717) is 12.0 Å². The Kier molecular flexibility index (Phi) is 4.28. The number of likely N-dealkylation sites (tertiary alicyclic amines) is 1. The molecule has 3 atom stereocenters. The molecular weight excluding hydrogens is 264 g/mol. The van der Waals surface area contributed by atoms with Gasteiger partial charge < -0.3 is 10.0 Å². The predicted molar refractivity (Wildman–Crippen MR) is 83.3 cm³/mol. The summed E-state index contributed by atoms with van der Waals surface area (Å²) in [4.78, 5) is 16.8. The number of nitrogens with zero attached hydrogens (tertiary/aromatic N) is 2. The minimum Gasteiger partial charge on any atom is -0.481 e. The molecule has 4 heteroatoms. The zero-order valence-electron chi connectivity index (χ0n) is 13.6. The number of rotatable bonds is 3. The maximum Gasteiger partial charge on any atom is 0.309 e. The van der Waals surface area contributed by atoms with Gasteiger partial charge in [-0.25, -0.2) is 0 Å². The molecule has 3 unspecified atom stereocenters. The quantitative estimate of drug-likeness (QED) is 0.868. The van der Waals surface area contributed by atoms with Crippen molar-refractivity contribution in [3.05, 3.63) is 0 Å². The van der Waals surface area contributed by atoms with Gasteiger partial charge in [0.25, 0.3) is 0 Å². The molecule has 0 radical (unpaired) electrons. The minimum atomic E-state index is -0.639. The first-order chi connectivity index (χ1) is 9.98. The summed E-state index contributed by atoms with van der Waals surface area (Å²) in [6.07, 6.45) is 7.54. The third-order valence-corrected chi connectivity index (χ3v) is 6.33. The van der Waals surface area contributed by atoms with Crippen molar-refractivity contribution in [1.82, 2.24) is 9.80 Å². The highest BCUT2D eigenvalue weighted by Crippen LogP contribution is 2.37. The normalized spacial score (nSPS) is 35.6. The number of carboxylic acid groups (broad SMARTS) is 1. The molecule has 120 valence electrons. The summed E-state index contributed by atoms with van der Waals surface area (Å²) < 4.78 is 0. The van der Waals surface area contributed by atoms with Gasteiger partial charge in [0.15, 0.2) is 0 Å². The second-order valence-corrected chi connectivity index (χ2v) is 7.87. The van der Waals surface area contributed by atoms with Crippen molar-refractivity contribution >= 4 is 5.97 Å². The van der Waals surface area contributed by atoms with Gasteiger partial charge in [-0.2, -0.15) is 0 Å². The number of fused-ring (bicyclic) bond motifs is 1. The lowest BCUT2D eigenvalue weighted by Crippen LogP contribution is -2.52. The molecule has 0 bridgehead atoms. The molecule has 0 spiro atoms. The fraction of sp³-hybridized carbons (Fsp3) is 0.941. The van der Waals surface area contributed by atoms with Crippen LogP contribution in [-0.4, -0.2) is 59.1 Å². The third-order valence-electron chi connectivity index (χ3n) is 6.33. The molecule has 21 heavy (non-hydrogen) atoms. The summed E-state index contributed by atoms with van der Waals surface area (Å²) in [5.74, 6) is -0.342. The molecule has 0 aromatic rings. The Hall–Kier alpha value is -0.610. The van der Waals surface area contributed by atoms with Crippen LogP contribution in [0.5, 0.6) is 0 Å². The van der Waals surface area contributed by atoms with Crippen LogP contribution in [0.25, 0.3) is 0 Å². The molecule has 3 fully saturated rings. The lowest BCUT2D eigenvalue weighted by atomic mass is 9.74. The van der Waals surface area contributed by atoms with E-state index in [2.05, 4.69) is 9.80 Å². The van der Waals surface area contributed by atoms with Crippen molar-refractivity contribution in [2.45, 2.75) is 64.5 Å². The van der Waals surface area contributed by atoms with Crippen molar-refractivity contribution in [3.63, 3.8) is 0 Å². The fourth-order valence-electron chi connectivity index (χ4n) is 4.64. The summed E-state index contributed by atoms with van der Waals surface area (Å²) >= 11 is 0. The molecule has 0 saturated carbocycles. The zero-order valence-corrected chi connectivity index (χ0v) is 13.6. The van der Waals surface area contributed by atoms with Crippen molar-refractivity contribution in [3.8, 4) is 0 Å². The summed E-state index contributed by atoms with van der Waals surface area (Å²) in [6.45, 7) is 8.51. The van der Waals surface area contributed by atoms with Crippen LogP contribution in [0.1, 0.15) is 52.4 Å². The molecule has 0 aromatic heterocycles. The monoisotopic (exact) mass is 294 g/mol. The van der Waals surface area contributed by atoms with Crippen LogP contribution in [-0.2, 0) is 4.79 Å². The predicted octanol–water partition coefficient (Wildman–Crippen LogP) is 2.44. The maximum absolute atomic E-state index is 11.5. The molecule has 0 aromatic carbocycles. The molecular formula is C17H30N2O2. The van der Waals surface area contributed by atoms with Gasteiger partial charge in [-0.05, 0) is 77.9 Å². The van der Waals surface area contributed by atoms with Crippen LogP contribution in [0.4, 0.5) is 0 Å². The van der Waals surface area contributed by atoms with E-state index in [0.717, 1.165) is 25.4 Å². The number of carboxylic acids is 1. The summed E-state index contributed by atoms with van der Waals surface area (Å²) in [6, 6.07) is 1.49. The highest BCUT2D eigenvalue weighted by Gasteiger charge is 2.41. The van der Waals surface area contributed by atoms with Crippen molar-refractivity contribution in [2.24, 2.45) is 11.3 Å². The molecule has 0 amide bonds. The van der Waals surface area contributed by atoms with Gasteiger partial charge in [0, 0.05) is 18.6 Å². The number of hydrogen-bond acceptors (Lipinski definition) is 3. The van der Waals surface area contributed by atoms with E-state index in [1.54, 1.807) is 0 Å². The van der Waals surface area contributed by atoms with Gasteiger partial charge in [0.1, 0.15) is 0 Å². The van der Waals surface area contributed by atoms with Crippen molar-refractivity contribution in [2.75, 3.05) is 26.2 Å². The average molecular weight is 294 g/mol. The average Bonchev–Trinajstić information content (AvgIpc) is 2.94. The molecule has 3 rings (SSSR count). The summed E-state index contributed by atoms with van der Waals surface area (Å²) in [5, 5.41) is 9.49. The van der Waals surface area contributed by atoms with Gasteiger partial charge in [0.2, 0.25) is 0 Å². The minimum absolute atomic E-state index is 0.297. The fourth-order valence-corrected chi connectivity index (χ4v) is 4.64. The molecule has 3 saturated heterocycles. The molecule has 4 nitrogen and oxygen atoms in total. The Bertz CT molecular complexity index is 396. The van der Waals surface area contributed by atoms with Gasteiger partial charge in [0.05, 0.1) is 5.41 Å². The van der Waals surface area contributed by atoms with Gasteiger partial charge in [-0.1, -0.05) is 0 Å². The first-order valence-electron chi connectivity index (χ1n) is 8.70. The number of hydrogen-bond donors (Lipinski definition) is 1. The van der Waals surface area contributed by atoms with E-state index in [9.17, 15) is 9.90 Å². The van der Waals surface area contributed by atoms with Crippen LogP contribution in [0, 0.1) is 11.3 Å². The molecule has 3 heterocycles. The number of piperidine rings is 2. The first kappa shape index (κ1) is 15.3. The highest BCUT2D eigenvalue weighted by atomic mass is 16.4. The highest BCUT2D eigenvalue weighted by molar-refractivity contribution is 5.74. The van der Waals surface area contributed by atoms with Crippen LogP contribution < -0.4 is 0 Å². The van der Waals surface area contributed by atoms with Gasteiger partial charge in [-0.3, -0.25) is 9.69 Å². The zero-order chi connectivity index (χ0) is 15.0. The van der Waals surface area contributed by atoms with E-state index < -0.39 is 11.4 Å². The number of aliphatic carboxylic acids is 1. The largest absolute Gasteiger partial charge is 0.481 e. The lowest BCUT2D eigenvalue weighted by molar-refractivity contribution is -0.151. The van der Waals surface area contributed by atoms with E-state index in [1.165, 1.54) is 45.3 Å². The van der Waals surface area contributed by atoms with Crippen LogP contribution in [0.2, 0.25) is 0 Å². The second kappa shape index (κ2) is 5.88. The van der Waals surface area contributed by atoms with Gasteiger partial charge in [-0.15, -0.1) is 0 Å². The summed E-state index contributed by atoms with van der Waals surface area (Å²) in [7, 11) is 0. The van der Waals surface area contributed by atoms with Crippen LogP contribution in [0.15, 0.2) is 0 Å². The molecule has 3 aliphatic rings. The van der Waals surface area contributed by atoms with E-state index in [1.807, 2.05) is 13.8 Å². The lowest BCUT2D eigenvalue weighted by Gasteiger charge is -2.46. The van der Waals surface area contributed by atoms with Crippen LogP contribution in [0.3, 0.4) is 0 Å². The van der Waals surface area contributed by atoms with Gasteiger partial charge >= 0.3 is 5.97 Å². The number of carbonyl (C=O) groups is 1. The Morgan fingerprint density at radius 1 is 1.00 bits per heavy atom. The van der Waals surface area contributed by atoms with Crippen molar-refractivity contribution < 1.29 is 9.90 Å². The maximum atomic E-state index is 11.5. The molecule has 1 N–H and O–H groups in total. The SMILES string of the molecule is CC(C)(C(=O)O)C1CCCN(C2CCN3CCCC3C2)C1. The van der Waals surface area contributed by atoms with Crippen LogP contribution >= 0.6 is 0 Å².